The number of benzene rings is 1. The van der Waals surface area contributed by atoms with Crippen LogP contribution in [0.2, 0.25) is 0 Å². The van der Waals surface area contributed by atoms with Crippen LogP contribution in [-0.4, -0.2) is 51.3 Å². The smallest absolute Gasteiger partial charge is 0.329 e. The largest absolute Gasteiger partial charge is 0.459 e. The highest BCUT2D eigenvalue weighted by atomic mass is 16.5. The second-order valence-corrected chi connectivity index (χ2v) is 6.88. The Labute approximate surface area is 178 Å². The molecule has 30 heavy (non-hydrogen) atoms. The maximum Gasteiger partial charge on any atom is 0.329 e. The minimum atomic E-state index is -0.774. The van der Waals surface area contributed by atoms with Gasteiger partial charge in [0, 0.05) is 38.3 Å². The Kier molecular flexibility index (Phi) is 11.5. The number of H-pyrrole nitrogens is 1. The van der Waals surface area contributed by atoms with Crippen molar-refractivity contribution in [1.29, 1.82) is 0 Å². The van der Waals surface area contributed by atoms with Crippen molar-refractivity contribution in [3.8, 4) is 0 Å². The zero-order valence-electron chi connectivity index (χ0n) is 18.1. The van der Waals surface area contributed by atoms with Crippen molar-refractivity contribution in [2.24, 2.45) is 0 Å². The van der Waals surface area contributed by atoms with Crippen LogP contribution < -0.4 is 5.32 Å². The van der Waals surface area contributed by atoms with Gasteiger partial charge in [0.05, 0.1) is 6.33 Å². The van der Waals surface area contributed by atoms with Crippen LogP contribution in [0.5, 0.6) is 0 Å². The van der Waals surface area contributed by atoms with Gasteiger partial charge in [0.25, 0.3) is 0 Å². The molecule has 0 aliphatic rings. The number of hydrogen-bond donors (Lipinski definition) is 2. The third-order valence-corrected chi connectivity index (χ3v) is 4.18. The summed E-state index contributed by atoms with van der Waals surface area (Å²) in [5.74, 6) is -0.847. The number of hydrogen-bond acceptors (Lipinski definition) is 5. The Bertz CT molecular complexity index is 731. The summed E-state index contributed by atoms with van der Waals surface area (Å²) < 4.78 is 5.40. The minimum Gasteiger partial charge on any atom is -0.459 e. The lowest BCUT2D eigenvalue weighted by Gasteiger charge is -2.32. The summed E-state index contributed by atoms with van der Waals surface area (Å²) in [5.41, 5.74) is 0.872. The topological polar surface area (TPSA) is 104 Å². The number of nitrogens with zero attached hydrogens (tertiary/aromatic N) is 2. The first kappa shape index (κ1) is 24.9. The molecule has 0 spiro atoms. The first-order chi connectivity index (χ1) is 14.4. The fourth-order valence-corrected chi connectivity index (χ4v) is 2.91. The Morgan fingerprint density at radius 1 is 1.20 bits per heavy atom. The zero-order valence-corrected chi connectivity index (χ0v) is 18.1. The van der Waals surface area contributed by atoms with Gasteiger partial charge in [-0.1, -0.05) is 30.3 Å². The van der Waals surface area contributed by atoms with E-state index in [1.165, 1.54) is 11.8 Å². The van der Waals surface area contributed by atoms with Crippen molar-refractivity contribution in [3.05, 3.63) is 54.6 Å². The number of nitrogens with one attached hydrogen (secondary N) is 2. The molecule has 0 aliphatic carbocycles. The van der Waals surface area contributed by atoms with E-state index in [1.54, 1.807) is 18.7 Å². The van der Waals surface area contributed by atoms with Crippen LogP contribution in [0.15, 0.2) is 49.1 Å². The van der Waals surface area contributed by atoms with E-state index in [1.807, 2.05) is 51.1 Å². The first-order valence-electron chi connectivity index (χ1n) is 10.1. The van der Waals surface area contributed by atoms with Gasteiger partial charge in [0.2, 0.25) is 11.8 Å². The van der Waals surface area contributed by atoms with E-state index in [2.05, 4.69) is 15.3 Å². The Morgan fingerprint density at radius 3 is 2.37 bits per heavy atom. The molecule has 2 rings (SSSR count). The molecule has 2 amide bonds. The molecular weight excluding hydrogens is 384 g/mol. The summed E-state index contributed by atoms with van der Waals surface area (Å²) >= 11 is 0. The Hall–Kier alpha value is -3.16. The van der Waals surface area contributed by atoms with Crippen molar-refractivity contribution in [1.82, 2.24) is 20.2 Å². The monoisotopic (exact) mass is 416 g/mol. The molecule has 1 aromatic carbocycles. The molecule has 0 saturated heterocycles. The van der Waals surface area contributed by atoms with Crippen molar-refractivity contribution in [3.63, 3.8) is 0 Å². The predicted molar refractivity (Wildman–Crippen MR) is 114 cm³/mol. The predicted octanol–water partition coefficient (Wildman–Crippen LogP) is 2.68. The first-order valence-corrected chi connectivity index (χ1v) is 10.1. The second kappa shape index (κ2) is 13.9. The van der Waals surface area contributed by atoms with Gasteiger partial charge in [-0.2, -0.15) is 0 Å². The molecule has 1 aromatic heterocycles. The molecule has 0 aliphatic heterocycles. The SMILES string of the molecule is CCNC(=O)CCC(C(=O)OCc1ccccc1)N(C(C)=O)C(C)C.c1c[nH]cn1. The van der Waals surface area contributed by atoms with Crippen LogP contribution in [0.4, 0.5) is 0 Å². The minimum absolute atomic E-state index is 0.140. The summed E-state index contributed by atoms with van der Waals surface area (Å²) in [6.45, 7) is 7.60. The Morgan fingerprint density at radius 2 is 1.90 bits per heavy atom. The fraction of sp³-hybridized carbons (Fsp3) is 0.455. The average Bonchev–Trinajstić information content (AvgIpc) is 3.29. The van der Waals surface area contributed by atoms with Crippen LogP contribution in [0, 0.1) is 0 Å². The van der Waals surface area contributed by atoms with Gasteiger partial charge in [-0.15, -0.1) is 0 Å². The molecule has 0 radical (unpaired) electrons. The van der Waals surface area contributed by atoms with Gasteiger partial charge >= 0.3 is 5.97 Å². The molecule has 8 nitrogen and oxygen atoms in total. The van der Waals surface area contributed by atoms with Crippen LogP contribution in [0.25, 0.3) is 0 Å². The van der Waals surface area contributed by atoms with E-state index in [-0.39, 0.29) is 37.3 Å². The lowest BCUT2D eigenvalue weighted by molar-refractivity contribution is -0.157. The highest BCUT2D eigenvalue weighted by molar-refractivity contribution is 5.84. The van der Waals surface area contributed by atoms with E-state index in [4.69, 9.17) is 4.74 Å². The standard InChI is InChI=1S/C19H28N2O4.C3H4N2/c1-5-20-18(23)12-11-17(21(14(2)3)15(4)22)19(24)25-13-16-9-7-6-8-10-16;1-2-5-3-4-1/h6-10,14,17H,5,11-13H2,1-4H3,(H,20,23);1-3H,(H,4,5). The number of imidazole rings is 1. The van der Waals surface area contributed by atoms with Gasteiger partial charge < -0.3 is 19.9 Å². The zero-order chi connectivity index (χ0) is 22.4. The summed E-state index contributed by atoms with van der Waals surface area (Å²) in [7, 11) is 0. The fourth-order valence-electron chi connectivity index (χ4n) is 2.91. The van der Waals surface area contributed by atoms with Crippen molar-refractivity contribution < 1.29 is 19.1 Å². The van der Waals surface area contributed by atoms with E-state index < -0.39 is 12.0 Å². The van der Waals surface area contributed by atoms with Crippen LogP contribution in [-0.2, 0) is 25.7 Å². The average molecular weight is 417 g/mol. The number of aromatic amines is 1. The van der Waals surface area contributed by atoms with Gasteiger partial charge in [-0.05, 0) is 32.8 Å². The highest BCUT2D eigenvalue weighted by Gasteiger charge is 2.31. The third-order valence-electron chi connectivity index (χ3n) is 4.18. The van der Waals surface area contributed by atoms with Gasteiger partial charge in [0.1, 0.15) is 12.6 Å². The molecule has 0 bridgehead atoms. The van der Waals surface area contributed by atoms with Crippen LogP contribution >= 0.6 is 0 Å². The number of amides is 2. The molecule has 1 atom stereocenters. The highest BCUT2D eigenvalue weighted by Crippen LogP contribution is 2.15. The van der Waals surface area contributed by atoms with E-state index in [0.29, 0.717) is 6.54 Å². The molecule has 1 unspecified atom stereocenters. The number of carbonyl (C=O) groups excluding carboxylic acids is 3. The van der Waals surface area contributed by atoms with Crippen molar-refractivity contribution in [2.45, 2.75) is 59.2 Å². The number of carbonyl (C=O) groups is 3. The van der Waals surface area contributed by atoms with Crippen molar-refractivity contribution in [2.75, 3.05) is 6.54 Å². The summed E-state index contributed by atoms with van der Waals surface area (Å²) in [6, 6.07) is 8.41. The third kappa shape index (κ3) is 9.36. The van der Waals surface area contributed by atoms with Gasteiger partial charge in [-0.3, -0.25) is 9.59 Å². The van der Waals surface area contributed by atoms with Crippen LogP contribution in [0.1, 0.15) is 46.1 Å². The van der Waals surface area contributed by atoms with E-state index in [9.17, 15) is 14.4 Å². The molecule has 0 fully saturated rings. The van der Waals surface area contributed by atoms with Crippen molar-refractivity contribution >= 4 is 17.8 Å². The number of esters is 1. The van der Waals surface area contributed by atoms with E-state index >= 15 is 0 Å². The normalized spacial score (nSPS) is 11.1. The number of ether oxygens (including phenoxy) is 1. The molecule has 8 heteroatoms. The molecule has 0 saturated carbocycles. The lowest BCUT2D eigenvalue weighted by atomic mass is 10.1. The maximum absolute atomic E-state index is 12.6. The van der Waals surface area contributed by atoms with E-state index in [0.717, 1.165) is 5.56 Å². The summed E-state index contributed by atoms with van der Waals surface area (Å²) in [6.07, 6.45) is 5.48. The summed E-state index contributed by atoms with van der Waals surface area (Å²) in [5, 5.41) is 2.70. The van der Waals surface area contributed by atoms with Gasteiger partial charge in [0.15, 0.2) is 0 Å². The van der Waals surface area contributed by atoms with Crippen LogP contribution in [0.3, 0.4) is 0 Å². The second-order valence-electron chi connectivity index (χ2n) is 6.88. The molecule has 1 heterocycles. The van der Waals surface area contributed by atoms with Gasteiger partial charge in [-0.25, -0.2) is 9.78 Å². The number of rotatable bonds is 9. The summed E-state index contributed by atoms with van der Waals surface area (Å²) in [4.78, 5) is 44.2. The maximum atomic E-state index is 12.6. The Balaban J connectivity index is 0.000000780. The quantitative estimate of drug-likeness (QED) is 0.612. The molecule has 164 valence electrons. The molecular formula is C22H32N4O4. The lowest BCUT2D eigenvalue weighted by Crippen LogP contribution is -2.49. The molecule has 2 aromatic rings. The molecule has 2 N–H and O–H groups in total. The number of aromatic nitrogens is 2.